The molecule has 30 heavy (non-hydrogen) atoms. The van der Waals surface area contributed by atoms with E-state index in [0.29, 0.717) is 42.8 Å². The lowest BCUT2D eigenvalue weighted by Crippen LogP contribution is -2.52. The molecule has 0 bridgehead atoms. The molecular formula is C21H20F3N3O3. The Hall–Kier alpha value is -3.10. The molecule has 1 aromatic carbocycles. The molecular weight excluding hydrogens is 399 g/mol. The molecule has 2 amide bonds. The van der Waals surface area contributed by atoms with Crippen LogP contribution in [0.1, 0.15) is 36.6 Å². The van der Waals surface area contributed by atoms with Crippen LogP contribution in [-0.4, -0.2) is 51.0 Å². The maximum absolute atomic E-state index is 12.8. The van der Waals surface area contributed by atoms with Crippen molar-refractivity contribution in [3.8, 4) is 11.3 Å². The molecule has 1 aromatic heterocycles. The highest BCUT2D eigenvalue weighted by Crippen LogP contribution is 2.47. The minimum atomic E-state index is -4.42. The molecule has 2 aliphatic rings. The number of likely N-dealkylation sites (N-methyl/N-ethyl adjacent to an activating group) is 1. The van der Waals surface area contributed by atoms with E-state index in [2.05, 4.69) is 4.98 Å². The number of likely N-dealkylation sites (tertiary alicyclic amines) is 2. The number of carbonyl (C=O) groups excluding carboxylic acids is 1. The fourth-order valence-corrected chi connectivity index (χ4v) is 4.52. The summed E-state index contributed by atoms with van der Waals surface area (Å²) in [7, 11) is 1.66. The van der Waals surface area contributed by atoms with Crippen LogP contribution in [0.2, 0.25) is 0 Å². The number of rotatable bonds is 2. The smallest absolute Gasteiger partial charge is 0.416 e. The van der Waals surface area contributed by atoms with Gasteiger partial charge in [0.05, 0.1) is 23.0 Å². The molecule has 0 aliphatic carbocycles. The summed E-state index contributed by atoms with van der Waals surface area (Å²) in [5.74, 6) is -0.203. The molecule has 2 aromatic rings. The first kappa shape index (κ1) is 20.2. The maximum Gasteiger partial charge on any atom is 0.416 e. The van der Waals surface area contributed by atoms with E-state index in [9.17, 15) is 27.9 Å². The Morgan fingerprint density at radius 3 is 2.43 bits per heavy atom. The molecule has 2 atom stereocenters. The van der Waals surface area contributed by atoms with Crippen LogP contribution >= 0.6 is 0 Å². The summed E-state index contributed by atoms with van der Waals surface area (Å²) in [6, 6.07) is 9.13. The number of carbonyl (C=O) groups is 2. The van der Waals surface area contributed by atoms with E-state index in [-0.39, 0.29) is 5.91 Å². The predicted molar refractivity (Wildman–Crippen MR) is 101 cm³/mol. The third-order valence-corrected chi connectivity index (χ3v) is 6.04. The number of benzene rings is 1. The van der Waals surface area contributed by atoms with Crippen LogP contribution in [0.4, 0.5) is 18.0 Å². The summed E-state index contributed by atoms with van der Waals surface area (Å²) in [5.41, 5.74) is -0.398. The number of hydrogen-bond donors (Lipinski definition) is 1. The molecule has 158 valence electrons. The van der Waals surface area contributed by atoms with Gasteiger partial charge in [-0.15, -0.1) is 0 Å². The molecule has 0 radical (unpaired) electrons. The molecule has 0 saturated carbocycles. The van der Waals surface area contributed by atoms with Gasteiger partial charge in [-0.2, -0.15) is 13.2 Å². The SMILES string of the molecule is CN1CC[C@]2(CC[C@H](c3cccc(-c4ccc(C(F)(F)F)cc4)n3)N2C(=O)O)C1=O. The Labute approximate surface area is 170 Å². The van der Waals surface area contributed by atoms with Gasteiger partial charge in [-0.05, 0) is 43.5 Å². The molecule has 6 nitrogen and oxygen atoms in total. The third-order valence-electron chi connectivity index (χ3n) is 6.04. The van der Waals surface area contributed by atoms with E-state index >= 15 is 0 Å². The van der Waals surface area contributed by atoms with Crippen LogP contribution in [0.3, 0.4) is 0 Å². The highest BCUT2D eigenvalue weighted by atomic mass is 19.4. The topological polar surface area (TPSA) is 73.7 Å². The minimum Gasteiger partial charge on any atom is -0.465 e. The van der Waals surface area contributed by atoms with Crippen molar-refractivity contribution in [2.45, 2.75) is 37.0 Å². The number of aromatic nitrogens is 1. The van der Waals surface area contributed by atoms with Gasteiger partial charge in [-0.1, -0.05) is 18.2 Å². The second-order valence-corrected chi connectivity index (χ2v) is 7.74. The van der Waals surface area contributed by atoms with E-state index < -0.39 is 29.4 Å². The third kappa shape index (κ3) is 3.18. The molecule has 3 heterocycles. The molecule has 2 saturated heterocycles. The van der Waals surface area contributed by atoms with Crippen molar-refractivity contribution in [2.24, 2.45) is 0 Å². The van der Waals surface area contributed by atoms with Crippen LogP contribution in [-0.2, 0) is 11.0 Å². The molecule has 2 fully saturated rings. The van der Waals surface area contributed by atoms with Gasteiger partial charge in [0, 0.05) is 19.2 Å². The molecule has 4 rings (SSSR count). The average molecular weight is 419 g/mol. The zero-order valence-corrected chi connectivity index (χ0v) is 16.2. The lowest BCUT2D eigenvalue weighted by molar-refractivity contribution is -0.137. The Morgan fingerprint density at radius 2 is 1.87 bits per heavy atom. The van der Waals surface area contributed by atoms with Gasteiger partial charge < -0.3 is 10.0 Å². The number of pyridine rings is 1. The molecule has 1 N–H and O–H groups in total. The summed E-state index contributed by atoms with van der Waals surface area (Å²) in [5, 5.41) is 9.89. The number of halogens is 3. The van der Waals surface area contributed by atoms with Crippen LogP contribution < -0.4 is 0 Å². The average Bonchev–Trinajstić information content (AvgIpc) is 3.24. The zero-order valence-electron chi connectivity index (χ0n) is 16.2. The monoisotopic (exact) mass is 419 g/mol. The second kappa shape index (κ2) is 7.00. The number of hydrogen-bond acceptors (Lipinski definition) is 3. The Morgan fingerprint density at radius 1 is 1.17 bits per heavy atom. The summed E-state index contributed by atoms with van der Waals surface area (Å²) in [6.45, 7) is 0.494. The van der Waals surface area contributed by atoms with Gasteiger partial charge in [0.25, 0.3) is 0 Å². The van der Waals surface area contributed by atoms with E-state index in [1.165, 1.54) is 17.0 Å². The van der Waals surface area contributed by atoms with Crippen molar-refractivity contribution in [1.29, 1.82) is 0 Å². The quantitative estimate of drug-likeness (QED) is 0.793. The van der Waals surface area contributed by atoms with E-state index in [1.54, 1.807) is 30.1 Å². The van der Waals surface area contributed by atoms with Gasteiger partial charge in [0.1, 0.15) is 5.54 Å². The maximum atomic E-state index is 12.8. The number of carboxylic acid groups (broad SMARTS) is 1. The molecule has 2 aliphatic heterocycles. The standard InChI is InChI=1S/C21H20F3N3O3/c1-26-12-11-20(18(26)28)10-9-17(27(20)19(29)30)16-4-2-3-15(25-16)13-5-7-14(8-6-13)21(22,23)24/h2-8,17H,9-12H2,1H3,(H,29,30)/t17-,20-/m1/s1. The van der Waals surface area contributed by atoms with Crippen molar-refractivity contribution in [2.75, 3.05) is 13.6 Å². The summed E-state index contributed by atoms with van der Waals surface area (Å²) >= 11 is 0. The molecule has 0 unspecified atom stereocenters. The lowest BCUT2D eigenvalue weighted by atomic mass is 9.94. The van der Waals surface area contributed by atoms with Crippen molar-refractivity contribution in [3.05, 3.63) is 53.7 Å². The highest BCUT2D eigenvalue weighted by Gasteiger charge is 2.58. The predicted octanol–water partition coefficient (Wildman–Crippen LogP) is 4.18. The van der Waals surface area contributed by atoms with Crippen LogP contribution in [0.15, 0.2) is 42.5 Å². The first-order valence-electron chi connectivity index (χ1n) is 9.56. The van der Waals surface area contributed by atoms with Crippen LogP contribution in [0, 0.1) is 0 Å². The summed E-state index contributed by atoms with van der Waals surface area (Å²) in [4.78, 5) is 32.1. The number of amides is 2. The zero-order chi connectivity index (χ0) is 21.7. The number of alkyl halides is 3. The van der Waals surface area contributed by atoms with Crippen molar-refractivity contribution in [1.82, 2.24) is 14.8 Å². The van der Waals surface area contributed by atoms with E-state index in [4.69, 9.17) is 0 Å². The van der Waals surface area contributed by atoms with Crippen molar-refractivity contribution >= 4 is 12.0 Å². The van der Waals surface area contributed by atoms with Crippen LogP contribution in [0.25, 0.3) is 11.3 Å². The van der Waals surface area contributed by atoms with Gasteiger partial charge in [0.15, 0.2) is 0 Å². The van der Waals surface area contributed by atoms with Gasteiger partial charge in [0.2, 0.25) is 5.91 Å². The highest BCUT2D eigenvalue weighted by molar-refractivity contribution is 5.92. The summed E-state index contributed by atoms with van der Waals surface area (Å²) < 4.78 is 38.4. The minimum absolute atomic E-state index is 0.203. The van der Waals surface area contributed by atoms with Gasteiger partial charge >= 0.3 is 12.3 Å². The van der Waals surface area contributed by atoms with Crippen molar-refractivity contribution in [3.63, 3.8) is 0 Å². The number of nitrogens with zero attached hydrogens (tertiary/aromatic N) is 3. The second-order valence-electron chi connectivity index (χ2n) is 7.74. The Balaban J connectivity index is 1.67. The Bertz CT molecular complexity index is 993. The Kier molecular flexibility index (Phi) is 4.71. The normalized spacial score (nSPS) is 24.1. The lowest BCUT2D eigenvalue weighted by Gasteiger charge is -2.34. The first-order chi connectivity index (χ1) is 14.1. The molecule has 1 spiro atoms. The van der Waals surface area contributed by atoms with E-state index in [1.807, 2.05) is 0 Å². The fraction of sp³-hybridized carbons (Fsp3) is 0.381. The largest absolute Gasteiger partial charge is 0.465 e. The first-order valence-corrected chi connectivity index (χ1v) is 9.56. The molecule has 9 heteroatoms. The van der Waals surface area contributed by atoms with E-state index in [0.717, 1.165) is 12.1 Å². The van der Waals surface area contributed by atoms with Gasteiger partial charge in [-0.3, -0.25) is 14.7 Å². The van der Waals surface area contributed by atoms with Crippen molar-refractivity contribution < 1.29 is 27.9 Å². The fourth-order valence-electron chi connectivity index (χ4n) is 4.52. The van der Waals surface area contributed by atoms with Crippen LogP contribution in [0.5, 0.6) is 0 Å². The van der Waals surface area contributed by atoms with Gasteiger partial charge in [-0.25, -0.2) is 4.79 Å². The summed E-state index contributed by atoms with van der Waals surface area (Å²) in [6.07, 6.45) is -4.30.